The summed E-state index contributed by atoms with van der Waals surface area (Å²) in [6.07, 6.45) is 5.16. The van der Waals surface area contributed by atoms with Crippen LogP contribution in [0.3, 0.4) is 0 Å². The molecule has 3 heteroatoms. The Morgan fingerprint density at radius 3 is 2.56 bits per heavy atom. The van der Waals surface area contributed by atoms with Gasteiger partial charge in [-0.2, -0.15) is 0 Å². The molecule has 0 unspecified atom stereocenters. The van der Waals surface area contributed by atoms with Crippen molar-refractivity contribution in [3.63, 3.8) is 0 Å². The summed E-state index contributed by atoms with van der Waals surface area (Å²) in [5.41, 5.74) is 2.28. The van der Waals surface area contributed by atoms with E-state index in [1.807, 2.05) is 39.8 Å². The first-order valence-corrected chi connectivity index (χ1v) is 6.18. The fourth-order valence-corrected chi connectivity index (χ4v) is 2.27. The smallest absolute Gasteiger partial charge is 0.143 e. The van der Waals surface area contributed by atoms with Gasteiger partial charge in [-0.3, -0.25) is 4.79 Å². The molecule has 0 radical (unpaired) electrons. The summed E-state index contributed by atoms with van der Waals surface area (Å²) in [5.74, 6) is 0. The van der Waals surface area contributed by atoms with Crippen LogP contribution in [0.5, 0.6) is 0 Å². The van der Waals surface area contributed by atoms with Gasteiger partial charge in [-0.05, 0) is 36.6 Å². The maximum atomic E-state index is 10.4. The highest BCUT2D eigenvalue weighted by Crippen LogP contribution is 2.41. The first-order valence-electron chi connectivity index (χ1n) is 6.18. The van der Waals surface area contributed by atoms with Crippen molar-refractivity contribution in [2.24, 2.45) is 5.41 Å². The molecule has 1 rings (SSSR count). The van der Waals surface area contributed by atoms with Crippen LogP contribution in [0.4, 0.5) is 0 Å². The minimum Gasteiger partial charge on any atom is -0.392 e. The first-order chi connectivity index (χ1) is 8.30. The average molecular weight is 250 g/mol. The zero-order chi connectivity index (χ0) is 13.9. The molecule has 18 heavy (non-hydrogen) atoms. The third-order valence-electron chi connectivity index (χ3n) is 3.74. The highest BCUT2D eigenvalue weighted by molar-refractivity contribution is 5.67. The SMILES string of the molecule is CC1=C(/C=C/C(C)=C/C=O)C(C)(C)[C@@H](O)C[C@H]1O. The van der Waals surface area contributed by atoms with Crippen molar-refractivity contribution in [2.45, 2.75) is 46.3 Å². The van der Waals surface area contributed by atoms with Crippen LogP contribution in [0.15, 0.2) is 34.9 Å². The maximum Gasteiger partial charge on any atom is 0.143 e. The second-order valence-corrected chi connectivity index (χ2v) is 5.47. The topological polar surface area (TPSA) is 57.5 Å². The Kier molecular flexibility index (Phi) is 4.65. The Labute approximate surface area is 109 Å². The molecule has 0 aromatic heterocycles. The summed E-state index contributed by atoms with van der Waals surface area (Å²) in [6, 6.07) is 0. The van der Waals surface area contributed by atoms with E-state index in [0.29, 0.717) is 6.42 Å². The normalized spacial score (nSPS) is 28.9. The number of carbonyl (C=O) groups excluding carboxylic acids is 1. The van der Waals surface area contributed by atoms with Gasteiger partial charge in [0.15, 0.2) is 0 Å². The predicted molar refractivity (Wildman–Crippen MR) is 72.1 cm³/mol. The van der Waals surface area contributed by atoms with E-state index in [-0.39, 0.29) is 5.41 Å². The molecule has 0 spiro atoms. The van der Waals surface area contributed by atoms with Crippen molar-refractivity contribution >= 4 is 6.29 Å². The van der Waals surface area contributed by atoms with Gasteiger partial charge >= 0.3 is 0 Å². The maximum absolute atomic E-state index is 10.4. The van der Waals surface area contributed by atoms with Crippen molar-refractivity contribution in [2.75, 3.05) is 0 Å². The molecular formula is C15H22O3. The highest BCUT2D eigenvalue weighted by Gasteiger charge is 2.38. The van der Waals surface area contributed by atoms with Gasteiger partial charge in [0.2, 0.25) is 0 Å². The summed E-state index contributed by atoms with van der Waals surface area (Å²) in [6.45, 7) is 7.65. The Bertz CT molecular complexity index is 413. The van der Waals surface area contributed by atoms with Crippen molar-refractivity contribution in [1.29, 1.82) is 0 Å². The number of hydrogen-bond acceptors (Lipinski definition) is 3. The standard InChI is InChI=1S/C15H22O3/c1-10(7-8-16)5-6-12-11(2)13(17)9-14(18)15(12,3)4/h5-8,13-14,17-18H,9H2,1-4H3/b6-5+,10-7+/t13-,14+/m1/s1. The van der Waals surface area contributed by atoms with E-state index in [9.17, 15) is 15.0 Å². The Morgan fingerprint density at radius 2 is 2.00 bits per heavy atom. The fraction of sp³-hybridized carbons (Fsp3) is 0.533. The molecule has 2 N–H and O–H groups in total. The number of rotatable bonds is 3. The van der Waals surface area contributed by atoms with E-state index in [1.165, 1.54) is 6.08 Å². The first kappa shape index (κ1) is 14.9. The Morgan fingerprint density at radius 1 is 1.39 bits per heavy atom. The number of aldehydes is 1. The van der Waals surface area contributed by atoms with Crippen molar-refractivity contribution in [1.82, 2.24) is 0 Å². The van der Waals surface area contributed by atoms with Gasteiger partial charge in [0, 0.05) is 11.8 Å². The molecule has 0 aromatic rings. The number of carbonyl (C=O) groups is 1. The summed E-state index contributed by atoms with van der Waals surface area (Å²) in [4.78, 5) is 10.4. The molecule has 0 bridgehead atoms. The van der Waals surface area contributed by atoms with E-state index in [1.54, 1.807) is 0 Å². The van der Waals surface area contributed by atoms with Gasteiger partial charge in [-0.1, -0.05) is 26.0 Å². The van der Waals surface area contributed by atoms with Crippen LogP contribution in [0.1, 0.15) is 34.1 Å². The van der Waals surface area contributed by atoms with Crippen molar-refractivity contribution in [3.05, 3.63) is 34.9 Å². The molecular weight excluding hydrogens is 228 g/mol. The van der Waals surface area contributed by atoms with E-state index in [0.717, 1.165) is 23.0 Å². The van der Waals surface area contributed by atoms with E-state index in [2.05, 4.69) is 0 Å². The van der Waals surface area contributed by atoms with Gasteiger partial charge in [-0.15, -0.1) is 0 Å². The van der Waals surface area contributed by atoms with Crippen LogP contribution in [0, 0.1) is 5.41 Å². The van der Waals surface area contributed by atoms with Gasteiger partial charge < -0.3 is 10.2 Å². The van der Waals surface area contributed by atoms with Crippen molar-refractivity contribution in [3.8, 4) is 0 Å². The number of aliphatic hydroxyl groups is 2. The zero-order valence-electron chi connectivity index (χ0n) is 11.5. The summed E-state index contributed by atoms with van der Waals surface area (Å²) in [5, 5.41) is 20.0. The third kappa shape index (κ3) is 2.98. The van der Waals surface area contributed by atoms with Crippen LogP contribution < -0.4 is 0 Å². The number of allylic oxidation sites excluding steroid dienone is 4. The van der Waals surface area contributed by atoms with E-state index >= 15 is 0 Å². The van der Waals surface area contributed by atoms with Crippen molar-refractivity contribution < 1.29 is 15.0 Å². The molecule has 0 saturated carbocycles. The van der Waals surface area contributed by atoms with Crippen LogP contribution in [-0.4, -0.2) is 28.7 Å². The molecule has 2 atom stereocenters. The monoisotopic (exact) mass is 250 g/mol. The minimum absolute atomic E-state index is 0.374. The quantitative estimate of drug-likeness (QED) is 0.458. The number of aliphatic hydroxyl groups excluding tert-OH is 2. The Balaban J connectivity index is 3.13. The minimum atomic E-state index is -0.594. The average Bonchev–Trinajstić information content (AvgIpc) is 2.27. The molecule has 0 heterocycles. The molecule has 0 fully saturated rings. The van der Waals surface area contributed by atoms with Gasteiger partial charge in [0.25, 0.3) is 0 Å². The molecule has 3 nitrogen and oxygen atoms in total. The largest absolute Gasteiger partial charge is 0.392 e. The molecule has 1 aliphatic rings. The van der Waals surface area contributed by atoms with E-state index in [4.69, 9.17) is 0 Å². The highest BCUT2D eigenvalue weighted by atomic mass is 16.3. The number of hydrogen-bond donors (Lipinski definition) is 2. The summed E-state index contributed by atoms with van der Waals surface area (Å²) in [7, 11) is 0. The lowest BCUT2D eigenvalue weighted by Gasteiger charge is -2.39. The molecule has 0 aliphatic heterocycles. The van der Waals surface area contributed by atoms with Crippen LogP contribution >= 0.6 is 0 Å². The van der Waals surface area contributed by atoms with E-state index < -0.39 is 12.2 Å². The molecule has 100 valence electrons. The zero-order valence-corrected chi connectivity index (χ0v) is 11.5. The second kappa shape index (κ2) is 5.63. The van der Waals surface area contributed by atoms with Crippen LogP contribution in [0.25, 0.3) is 0 Å². The summed E-state index contributed by atoms with van der Waals surface area (Å²) >= 11 is 0. The molecule has 0 saturated heterocycles. The molecule has 1 aliphatic carbocycles. The second-order valence-electron chi connectivity index (χ2n) is 5.47. The molecule has 0 amide bonds. The van der Waals surface area contributed by atoms with Gasteiger partial charge in [-0.25, -0.2) is 0 Å². The predicted octanol–water partition coefficient (Wildman–Crippen LogP) is 2.16. The van der Waals surface area contributed by atoms with Crippen LogP contribution in [-0.2, 0) is 4.79 Å². The molecule has 0 aromatic carbocycles. The third-order valence-corrected chi connectivity index (χ3v) is 3.74. The summed E-state index contributed by atoms with van der Waals surface area (Å²) < 4.78 is 0. The lowest BCUT2D eigenvalue weighted by Crippen LogP contribution is -2.40. The Hall–Kier alpha value is -1.19. The van der Waals surface area contributed by atoms with Gasteiger partial charge in [0.05, 0.1) is 12.2 Å². The van der Waals surface area contributed by atoms with Gasteiger partial charge in [0.1, 0.15) is 6.29 Å². The lowest BCUT2D eigenvalue weighted by molar-refractivity contribution is -0.104. The van der Waals surface area contributed by atoms with Crippen LogP contribution in [0.2, 0.25) is 0 Å². The lowest BCUT2D eigenvalue weighted by atomic mass is 9.69. The fourth-order valence-electron chi connectivity index (χ4n) is 2.27.